The Morgan fingerprint density at radius 1 is 1.11 bits per heavy atom. The van der Waals surface area contributed by atoms with Crippen molar-refractivity contribution in [1.82, 2.24) is 9.78 Å². The van der Waals surface area contributed by atoms with Crippen LogP contribution in [-0.2, 0) is 6.61 Å². The molecule has 0 atom stereocenters. The third kappa shape index (κ3) is 5.58. The molecule has 37 heavy (non-hydrogen) atoms. The van der Waals surface area contributed by atoms with Gasteiger partial charge in [-0.25, -0.2) is 4.68 Å². The van der Waals surface area contributed by atoms with Gasteiger partial charge >= 0.3 is 0 Å². The number of aromatic nitrogens is 2. The zero-order chi connectivity index (χ0) is 26.5. The van der Waals surface area contributed by atoms with Gasteiger partial charge in [-0.3, -0.25) is 0 Å². The molecular weight excluding hydrogens is 577 g/mol. The van der Waals surface area contributed by atoms with E-state index < -0.39 is 0 Å². The summed E-state index contributed by atoms with van der Waals surface area (Å²) in [5.74, 6) is 1.05. The number of hydrogen-bond donors (Lipinski definition) is 1. The molecule has 0 radical (unpaired) electrons. The van der Waals surface area contributed by atoms with Crippen molar-refractivity contribution < 1.29 is 9.47 Å². The molecule has 1 aromatic heterocycles. The van der Waals surface area contributed by atoms with E-state index in [1.54, 1.807) is 48.5 Å². The highest BCUT2D eigenvalue weighted by Crippen LogP contribution is 2.37. The highest BCUT2D eigenvalue weighted by atomic mass is 79.9. The molecule has 0 spiro atoms. The zero-order valence-corrected chi connectivity index (χ0v) is 22.5. The van der Waals surface area contributed by atoms with E-state index >= 15 is 0 Å². The number of halogens is 3. The van der Waals surface area contributed by atoms with E-state index in [-0.39, 0.29) is 29.3 Å². The topological polar surface area (TPSA) is 110 Å². The lowest BCUT2D eigenvalue weighted by Crippen LogP contribution is -2.02. The normalized spacial score (nSPS) is 11.0. The number of nitrogens with zero attached hydrogens (tertiary/aromatic N) is 4. The van der Waals surface area contributed by atoms with Crippen molar-refractivity contribution in [1.29, 1.82) is 10.5 Å². The van der Waals surface area contributed by atoms with Crippen molar-refractivity contribution in [2.45, 2.75) is 6.61 Å². The first-order valence-electron chi connectivity index (χ1n) is 10.8. The highest BCUT2D eigenvalue weighted by Gasteiger charge is 2.21. The maximum atomic E-state index is 9.95. The summed E-state index contributed by atoms with van der Waals surface area (Å²) in [6, 6.07) is 21.9. The molecule has 0 saturated carbocycles. The van der Waals surface area contributed by atoms with Crippen LogP contribution in [0.2, 0.25) is 10.0 Å². The number of para-hydroxylation sites is 1. The maximum Gasteiger partial charge on any atom is 0.162 e. The van der Waals surface area contributed by atoms with Gasteiger partial charge in [0.2, 0.25) is 0 Å². The third-order valence-corrected chi connectivity index (χ3v) is 6.66. The summed E-state index contributed by atoms with van der Waals surface area (Å²) < 4.78 is 13.5. The number of nitrogens with two attached hydrogens (primary N) is 1. The predicted molar refractivity (Wildman–Crippen MR) is 148 cm³/mol. The Kier molecular flexibility index (Phi) is 8.05. The van der Waals surface area contributed by atoms with E-state index in [0.29, 0.717) is 37.3 Å². The summed E-state index contributed by atoms with van der Waals surface area (Å²) in [7, 11) is 1.51. The molecule has 0 aliphatic carbocycles. The molecule has 2 N–H and O–H groups in total. The smallest absolute Gasteiger partial charge is 0.162 e. The van der Waals surface area contributed by atoms with E-state index in [2.05, 4.69) is 33.2 Å². The van der Waals surface area contributed by atoms with Crippen LogP contribution >= 0.6 is 39.1 Å². The SMILES string of the molecule is COc1cc(C=C(C#N)c2nn(-c3ccccc3)c(N)c2C#N)c(Br)cc1OCc1ccc(Cl)cc1Cl. The lowest BCUT2D eigenvalue weighted by atomic mass is 10.1. The molecule has 0 unspecified atom stereocenters. The molecule has 4 aromatic rings. The average Bonchev–Trinajstić information content (AvgIpc) is 3.23. The summed E-state index contributed by atoms with van der Waals surface area (Å²) in [6.07, 6.45) is 1.60. The van der Waals surface area contributed by atoms with Crippen molar-refractivity contribution in [3.05, 3.63) is 97.6 Å². The van der Waals surface area contributed by atoms with E-state index in [9.17, 15) is 10.5 Å². The number of anilines is 1. The standard InChI is InChI=1S/C27H18BrCl2N5O2/c1-36-24-10-17(22(28)12-25(24)37-15-16-7-8-19(29)11-23(16)30)9-18(13-31)26-21(14-32)27(33)35(34-26)20-5-3-2-4-6-20/h2-12H,15,33H2,1H3. The van der Waals surface area contributed by atoms with Gasteiger partial charge in [0.1, 0.15) is 35.8 Å². The number of ether oxygens (including phenoxy) is 2. The second kappa shape index (κ2) is 11.4. The van der Waals surface area contributed by atoms with Crippen LogP contribution in [0.15, 0.2) is 65.1 Å². The van der Waals surface area contributed by atoms with E-state index in [0.717, 1.165) is 5.56 Å². The van der Waals surface area contributed by atoms with Gasteiger partial charge in [0.05, 0.1) is 18.4 Å². The van der Waals surface area contributed by atoms with Gasteiger partial charge in [0, 0.05) is 20.1 Å². The minimum atomic E-state index is 0.111. The molecule has 3 aromatic carbocycles. The monoisotopic (exact) mass is 593 g/mol. The molecule has 0 fully saturated rings. The number of allylic oxidation sites excluding steroid dienone is 1. The van der Waals surface area contributed by atoms with Crippen molar-refractivity contribution >= 4 is 56.6 Å². The van der Waals surface area contributed by atoms with Crippen LogP contribution in [0.4, 0.5) is 5.82 Å². The summed E-state index contributed by atoms with van der Waals surface area (Å²) in [6.45, 7) is 0.194. The largest absolute Gasteiger partial charge is 0.493 e. The Labute approximate surface area is 232 Å². The van der Waals surface area contributed by atoms with Gasteiger partial charge in [0.25, 0.3) is 0 Å². The van der Waals surface area contributed by atoms with E-state index in [4.69, 9.17) is 38.4 Å². The minimum Gasteiger partial charge on any atom is -0.493 e. The van der Waals surface area contributed by atoms with Crippen LogP contribution < -0.4 is 15.2 Å². The summed E-state index contributed by atoms with van der Waals surface area (Å²) >= 11 is 15.8. The molecule has 1 heterocycles. The van der Waals surface area contributed by atoms with Gasteiger partial charge in [-0.05, 0) is 48.0 Å². The molecule has 0 bridgehead atoms. The first-order valence-corrected chi connectivity index (χ1v) is 12.3. The van der Waals surface area contributed by atoms with Crippen LogP contribution in [0.3, 0.4) is 0 Å². The van der Waals surface area contributed by atoms with E-state index in [1.807, 2.05) is 18.2 Å². The molecule has 10 heteroatoms. The van der Waals surface area contributed by atoms with Gasteiger partial charge < -0.3 is 15.2 Å². The van der Waals surface area contributed by atoms with Crippen LogP contribution in [0.1, 0.15) is 22.4 Å². The number of methoxy groups -OCH3 is 1. The molecule has 0 aliphatic rings. The fourth-order valence-electron chi connectivity index (χ4n) is 3.53. The Morgan fingerprint density at radius 3 is 2.51 bits per heavy atom. The number of nitrogen functional groups attached to an aromatic ring is 1. The molecule has 0 amide bonds. The first kappa shape index (κ1) is 26.1. The molecule has 184 valence electrons. The van der Waals surface area contributed by atoms with Crippen molar-refractivity contribution in [3.8, 4) is 29.3 Å². The number of hydrogen-bond acceptors (Lipinski definition) is 6. The third-order valence-electron chi connectivity index (χ3n) is 5.39. The molecule has 0 saturated heterocycles. The summed E-state index contributed by atoms with van der Waals surface area (Å²) in [5, 5.41) is 25.2. The lowest BCUT2D eigenvalue weighted by Gasteiger charge is -2.14. The van der Waals surface area contributed by atoms with Crippen LogP contribution in [0.25, 0.3) is 17.3 Å². The molecule has 0 aliphatic heterocycles. The van der Waals surface area contributed by atoms with Gasteiger partial charge in [-0.2, -0.15) is 15.6 Å². The minimum absolute atomic E-state index is 0.111. The highest BCUT2D eigenvalue weighted by molar-refractivity contribution is 9.10. The second-order valence-corrected chi connectivity index (χ2v) is 9.38. The lowest BCUT2D eigenvalue weighted by molar-refractivity contribution is 0.284. The van der Waals surface area contributed by atoms with Gasteiger partial charge in [0.15, 0.2) is 11.5 Å². The predicted octanol–water partition coefficient (Wildman–Crippen LogP) is 7.05. The van der Waals surface area contributed by atoms with Gasteiger partial charge in [-0.1, -0.05) is 63.4 Å². The summed E-state index contributed by atoms with van der Waals surface area (Å²) in [5.41, 5.74) is 8.69. The Hall–Kier alpha value is -3.95. The van der Waals surface area contributed by atoms with Crippen molar-refractivity contribution in [2.24, 2.45) is 0 Å². The van der Waals surface area contributed by atoms with Crippen LogP contribution in [0, 0.1) is 22.7 Å². The second-order valence-electron chi connectivity index (χ2n) is 7.69. The quantitative estimate of drug-likeness (QED) is 0.230. The number of rotatable bonds is 7. The van der Waals surface area contributed by atoms with E-state index in [1.165, 1.54) is 11.8 Å². The molecule has 7 nitrogen and oxygen atoms in total. The molecular formula is C27H18BrCl2N5O2. The van der Waals surface area contributed by atoms with Crippen molar-refractivity contribution in [3.63, 3.8) is 0 Å². The number of benzene rings is 3. The van der Waals surface area contributed by atoms with Gasteiger partial charge in [-0.15, -0.1) is 0 Å². The Bertz CT molecular complexity index is 1590. The summed E-state index contributed by atoms with van der Waals surface area (Å²) in [4.78, 5) is 0. The first-order chi connectivity index (χ1) is 17.9. The fourth-order valence-corrected chi connectivity index (χ4v) is 4.43. The molecule has 4 rings (SSSR count). The fraction of sp³-hybridized carbons (Fsp3) is 0.0741. The number of nitriles is 2. The Morgan fingerprint density at radius 2 is 1.86 bits per heavy atom. The van der Waals surface area contributed by atoms with Crippen LogP contribution in [0.5, 0.6) is 11.5 Å². The van der Waals surface area contributed by atoms with Crippen LogP contribution in [-0.4, -0.2) is 16.9 Å². The maximum absolute atomic E-state index is 9.95. The van der Waals surface area contributed by atoms with Crippen molar-refractivity contribution in [2.75, 3.05) is 12.8 Å². The Balaban J connectivity index is 1.70. The zero-order valence-electron chi connectivity index (χ0n) is 19.4. The average molecular weight is 595 g/mol.